The van der Waals surface area contributed by atoms with Gasteiger partial charge in [-0.25, -0.2) is 4.79 Å². The van der Waals surface area contributed by atoms with E-state index < -0.39 is 12.1 Å². The van der Waals surface area contributed by atoms with Crippen molar-refractivity contribution < 1.29 is 23.7 Å². The normalized spacial score (nSPS) is 11.1. The summed E-state index contributed by atoms with van der Waals surface area (Å²) >= 11 is 0. The van der Waals surface area contributed by atoms with Crippen LogP contribution >= 0.6 is 0 Å². The Morgan fingerprint density at radius 1 is 1.21 bits per heavy atom. The number of carbonyl (C=O) groups excluding carboxylic acids is 1. The maximum absolute atomic E-state index is 10.9. The number of carbonyl (C=O) groups is 1. The lowest BCUT2D eigenvalue weighted by Crippen LogP contribution is -2.47. The first-order valence-electron chi connectivity index (χ1n) is 4.20. The van der Waals surface area contributed by atoms with Crippen LogP contribution in [-0.2, 0) is 18.9 Å². The van der Waals surface area contributed by atoms with Crippen molar-refractivity contribution in [3.8, 4) is 0 Å². The minimum atomic E-state index is -1.26. The van der Waals surface area contributed by atoms with Gasteiger partial charge in [-0.15, -0.1) is 0 Å². The van der Waals surface area contributed by atoms with Crippen LogP contribution in [0.3, 0.4) is 0 Å². The molecule has 0 saturated heterocycles. The molecule has 0 fully saturated rings. The van der Waals surface area contributed by atoms with Crippen molar-refractivity contribution in [1.82, 2.24) is 5.32 Å². The van der Waals surface area contributed by atoms with E-state index in [1.165, 1.54) is 21.3 Å². The van der Waals surface area contributed by atoms with E-state index in [-0.39, 0.29) is 6.54 Å². The highest BCUT2D eigenvalue weighted by atomic mass is 16.9. The van der Waals surface area contributed by atoms with Crippen molar-refractivity contribution in [3.05, 3.63) is 0 Å². The highest BCUT2D eigenvalue weighted by Crippen LogP contribution is 2.09. The first-order chi connectivity index (χ1) is 6.64. The van der Waals surface area contributed by atoms with E-state index in [1.54, 1.807) is 6.92 Å². The topological polar surface area (TPSA) is 66.0 Å². The van der Waals surface area contributed by atoms with Crippen molar-refractivity contribution in [2.24, 2.45) is 0 Å². The molecule has 0 aliphatic carbocycles. The van der Waals surface area contributed by atoms with Crippen LogP contribution in [0.25, 0.3) is 0 Å². The number of rotatable bonds is 6. The maximum atomic E-state index is 10.9. The van der Waals surface area contributed by atoms with Crippen molar-refractivity contribution in [3.63, 3.8) is 0 Å². The monoisotopic (exact) mass is 207 g/mol. The molecule has 0 atom stereocenters. The molecule has 0 saturated carbocycles. The van der Waals surface area contributed by atoms with Crippen LogP contribution in [-0.4, -0.2) is 46.5 Å². The van der Waals surface area contributed by atoms with Crippen molar-refractivity contribution in [2.45, 2.75) is 12.9 Å². The average Bonchev–Trinajstić information content (AvgIpc) is 2.21. The van der Waals surface area contributed by atoms with E-state index >= 15 is 0 Å². The largest absolute Gasteiger partial charge is 0.450 e. The molecule has 0 radical (unpaired) electrons. The third-order valence-electron chi connectivity index (χ3n) is 1.66. The Morgan fingerprint density at radius 2 is 1.71 bits per heavy atom. The van der Waals surface area contributed by atoms with Gasteiger partial charge in [0.15, 0.2) is 0 Å². The molecule has 0 rings (SSSR count). The second kappa shape index (κ2) is 6.58. The molecular formula is C8H17NO5. The fourth-order valence-electron chi connectivity index (χ4n) is 0.829. The molecule has 0 spiro atoms. The number of hydrogen-bond donors (Lipinski definition) is 1. The predicted octanol–water partition coefficient (Wildman–Crippen LogP) is 0.325. The first-order valence-corrected chi connectivity index (χ1v) is 4.20. The van der Waals surface area contributed by atoms with Gasteiger partial charge in [-0.2, -0.15) is 0 Å². The van der Waals surface area contributed by atoms with E-state index in [1.807, 2.05) is 0 Å². The molecule has 14 heavy (non-hydrogen) atoms. The molecular weight excluding hydrogens is 190 g/mol. The minimum absolute atomic E-state index is 0.0509. The van der Waals surface area contributed by atoms with Gasteiger partial charge < -0.3 is 24.3 Å². The average molecular weight is 207 g/mol. The summed E-state index contributed by atoms with van der Waals surface area (Å²) < 4.78 is 19.5. The Balaban J connectivity index is 3.99. The SMILES string of the molecule is CCOC(=O)NCC(OC)(OC)OC. The molecule has 1 N–H and O–H groups in total. The lowest BCUT2D eigenvalue weighted by atomic mass is 10.5. The Bertz CT molecular complexity index is 161. The number of hydrogen-bond acceptors (Lipinski definition) is 5. The Kier molecular flexibility index (Phi) is 6.18. The molecule has 0 aromatic carbocycles. The number of ether oxygens (including phenoxy) is 4. The Hall–Kier alpha value is -0.850. The summed E-state index contributed by atoms with van der Waals surface area (Å²) in [6, 6.07) is 0. The fraction of sp³-hybridized carbons (Fsp3) is 0.875. The van der Waals surface area contributed by atoms with E-state index in [0.29, 0.717) is 6.61 Å². The minimum Gasteiger partial charge on any atom is -0.450 e. The van der Waals surface area contributed by atoms with E-state index in [2.05, 4.69) is 10.1 Å². The molecule has 0 aliphatic rings. The summed E-state index contributed by atoms with van der Waals surface area (Å²) in [7, 11) is 4.25. The molecule has 0 bridgehead atoms. The van der Waals surface area contributed by atoms with Crippen LogP contribution in [0, 0.1) is 0 Å². The lowest BCUT2D eigenvalue weighted by molar-refractivity contribution is -0.346. The Morgan fingerprint density at radius 3 is 2.07 bits per heavy atom. The van der Waals surface area contributed by atoms with Crippen molar-refractivity contribution in [1.29, 1.82) is 0 Å². The molecule has 0 unspecified atom stereocenters. The van der Waals surface area contributed by atoms with Gasteiger partial charge >= 0.3 is 12.1 Å². The van der Waals surface area contributed by atoms with Gasteiger partial charge in [-0.1, -0.05) is 0 Å². The van der Waals surface area contributed by atoms with Crippen molar-refractivity contribution >= 4 is 6.09 Å². The first kappa shape index (κ1) is 13.2. The number of nitrogens with one attached hydrogen (secondary N) is 1. The van der Waals surface area contributed by atoms with Crippen LogP contribution < -0.4 is 5.32 Å². The predicted molar refractivity (Wildman–Crippen MR) is 48.8 cm³/mol. The quantitative estimate of drug-likeness (QED) is 0.635. The fourth-order valence-corrected chi connectivity index (χ4v) is 0.829. The van der Waals surface area contributed by atoms with Crippen LogP contribution in [0.5, 0.6) is 0 Å². The van der Waals surface area contributed by atoms with E-state index in [9.17, 15) is 4.79 Å². The highest BCUT2D eigenvalue weighted by Gasteiger charge is 2.30. The summed E-state index contributed by atoms with van der Waals surface area (Å²) in [5.74, 6) is -1.26. The van der Waals surface area contributed by atoms with Crippen molar-refractivity contribution in [2.75, 3.05) is 34.5 Å². The molecule has 84 valence electrons. The van der Waals surface area contributed by atoms with Gasteiger partial charge in [0, 0.05) is 21.3 Å². The highest BCUT2D eigenvalue weighted by molar-refractivity contribution is 5.67. The van der Waals surface area contributed by atoms with E-state index in [0.717, 1.165) is 0 Å². The standard InChI is InChI=1S/C8H17NO5/c1-5-14-7(10)9-6-8(11-2,12-3)13-4/h5-6H2,1-4H3,(H,9,10). The maximum Gasteiger partial charge on any atom is 0.407 e. The molecule has 6 nitrogen and oxygen atoms in total. The molecule has 1 amide bonds. The summed E-state index contributed by atoms with van der Waals surface area (Å²) in [5, 5.41) is 2.44. The smallest absolute Gasteiger partial charge is 0.407 e. The van der Waals surface area contributed by atoms with Gasteiger partial charge in [0.25, 0.3) is 0 Å². The second-order valence-corrected chi connectivity index (χ2v) is 2.37. The van der Waals surface area contributed by atoms with E-state index in [4.69, 9.17) is 14.2 Å². The van der Waals surface area contributed by atoms with Crippen LogP contribution in [0.1, 0.15) is 6.92 Å². The number of amides is 1. The van der Waals surface area contributed by atoms with Gasteiger partial charge in [-0.05, 0) is 6.92 Å². The zero-order chi connectivity index (χ0) is 11.0. The Labute approximate surface area is 83.5 Å². The van der Waals surface area contributed by atoms with Crippen LogP contribution in [0.15, 0.2) is 0 Å². The molecule has 0 heterocycles. The van der Waals surface area contributed by atoms with Gasteiger partial charge in [-0.3, -0.25) is 0 Å². The summed E-state index contributed by atoms with van der Waals surface area (Å²) in [6.45, 7) is 2.08. The van der Waals surface area contributed by atoms with Gasteiger partial charge in [0.05, 0.1) is 6.61 Å². The molecule has 6 heteroatoms. The van der Waals surface area contributed by atoms with Crippen LogP contribution in [0.4, 0.5) is 4.79 Å². The third-order valence-corrected chi connectivity index (χ3v) is 1.66. The third kappa shape index (κ3) is 3.91. The molecule has 0 aromatic rings. The second-order valence-electron chi connectivity index (χ2n) is 2.37. The summed E-state index contributed by atoms with van der Waals surface area (Å²) in [6.07, 6.45) is -0.539. The zero-order valence-electron chi connectivity index (χ0n) is 8.96. The molecule has 0 aliphatic heterocycles. The lowest BCUT2D eigenvalue weighted by Gasteiger charge is -2.28. The number of alkyl carbamates (subject to hydrolysis) is 1. The summed E-state index contributed by atoms with van der Waals surface area (Å²) in [5.41, 5.74) is 0. The summed E-state index contributed by atoms with van der Waals surface area (Å²) in [4.78, 5) is 10.9. The number of methoxy groups -OCH3 is 3. The van der Waals surface area contributed by atoms with Gasteiger partial charge in [0.1, 0.15) is 6.54 Å². The zero-order valence-corrected chi connectivity index (χ0v) is 8.96. The van der Waals surface area contributed by atoms with Crippen LogP contribution in [0.2, 0.25) is 0 Å². The van der Waals surface area contributed by atoms with Gasteiger partial charge in [0.2, 0.25) is 0 Å². The molecule has 0 aromatic heterocycles.